The molecule has 0 aromatic carbocycles. The van der Waals surface area contributed by atoms with E-state index in [1.807, 2.05) is 0 Å². The van der Waals surface area contributed by atoms with Crippen molar-refractivity contribution in [1.82, 2.24) is 4.90 Å². The molecule has 0 aliphatic carbocycles. The highest BCUT2D eigenvalue weighted by Crippen LogP contribution is 2.11. The average Bonchev–Trinajstić information content (AvgIpc) is 2.19. The van der Waals surface area contributed by atoms with Crippen molar-refractivity contribution in [3.05, 3.63) is 0 Å². The van der Waals surface area contributed by atoms with E-state index in [0.717, 1.165) is 38.0 Å². The molecule has 78 valence electrons. The van der Waals surface area contributed by atoms with Crippen LogP contribution in [-0.2, 0) is 4.74 Å². The van der Waals surface area contributed by atoms with Gasteiger partial charge in [-0.2, -0.15) is 12.6 Å². The summed E-state index contributed by atoms with van der Waals surface area (Å²) in [6.45, 7) is 7.48. The maximum atomic E-state index is 5.31. The molecule has 1 aliphatic rings. The number of hydrogen-bond acceptors (Lipinski definition) is 3. The molecule has 0 aromatic rings. The monoisotopic (exact) mass is 203 g/mol. The molecule has 1 fully saturated rings. The van der Waals surface area contributed by atoms with Gasteiger partial charge < -0.3 is 4.74 Å². The Morgan fingerprint density at radius 2 is 2.08 bits per heavy atom. The van der Waals surface area contributed by atoms with Crippen LogP contribution in [0.3, 0.4) is 0 Å². The Kier molecular flexibility index (Phi) is 5.83. The van der Waals surface area contributed by atoms with Crippen molar-refractivity contribution in [2.24, 2.45) is 5.92 Å². The van der Waals surface area contributed by atoms with Gasteiger partial charge in [0.05, 0.1) is 13.2 Å². The number of hydrogen-bond donors (Lipinski definition) is 1. The SMILES string of the molecule is CCCC(CS)CN1CCOCC1. The van der Waals surface area contributed by atoms with Gasteiger partial charge in [0.1, 0.15) is 0 Å². The molecule has 1 rings (SSSR count). The lowest BCUT2D eigenvalue weighted by atomic mass is 10.1. The number of ether oxygens (including phenoxy) is 1. The van der Waals surface area contributed by atoms with E-state index in [-0.39, 0.29) is 0 Å². The van der Waals surface area contributed by atoms with Crippen LogP contribution in [0.15, 0.2) is 0 Å². The minimum absolute atomic E-state index is 0.770. The van der Waals surface area contributed by atoms with Gasteiger partial charge in [-0.1, -0.05) is 13.3 Å². The molecule has 13 heavy (non-hydrogen) atoms. The second kappa shape index (κ2) is 6.68. The molecule has 1 heterocycles. The van der Waals surface area contributed by atoms with Crippen LogP contribution in [-0.4, -0.2) is 43.5 Å². The Labute approximate surface area is 87.0 Å². The minimum Gasteiger partial charge on any atom is -0.379 e. The van der Waals surface area contributed by atoms with Gasteiger partial charge >= 0.3 is 0 Å². The normalized spacial score (nSPS) is 21.7. The van der Waals surface area contributed by atoms with Gasteiger partial charge in [0.25, 0.3) is 0 Å². The quantitative estimate of drug-likeness (QED) is 0.682. The van der Waals surface area contributed by atoms with Crippen LogP contribution >= 0.6 is 12.6 Å². The lowest BCUT2D eigenvalue weighted by Crippen LogP contribution is -2.39. The number of morpholine rings is 1. The van der Waals surface area contributed by atoms with E-state index in [2.05, 4.69) is 24.5 Å². The summed E-state index contributed by atoms with van der Waals surface area (Å²) < 4.78 is 5.31. The molecule has 0 saturated carbocycles. The van der Waals surface area contributed by atoms with Crippen molar-refractivity contribution in [3.8, 4) is 0 Å². The zero-order valence-corrected chi connectivity index (χ0v) is 9.43. The summed E-state index contributed by atoms with van der Waals surface area (Å²) in [4.78, 5) is 2.50. The molecule has 0 spiro atoms. The molecule has 1 unspecified atom stereocenters. The van der Waals surface area contributed by atoms with Crippen LogP contribution in [0.25, 0.3) is 0 Å². The fraction of sp³-hybridized carbons (Fsp3) is 1.00. The summed E-state index contributed by atoms with van der Waals surface area (Å²) in [7, 11) is 0. The standard InChI is InChI=1S/C10H21NOS/c1-2-3-10(9-13)8-11-4-6-12-7-5-11/h10,13H,2-9H2,1H3. The van der Waals surface area contributed by atoms with E-state index in [0.29, 0.717) is 0 Å². The van der Waals surface area contributed by atoms with Crippen LogP contribution in [0.2, 0.25) is 0 Å². The zero-order chi connectivity index (χ0) is 9.52. The predicted octanol–water partition coefficient (Wildman–Crippen LogP) is 1.66. The first kappa shape index (κ1) is 11.3. The van der Waals surface area contributed by atoms with Gasteiger partial charge in [-0.25, -0.2) is 0 Å². The Hall–Kier alpha value is 0.270. The largest absolute Gasteiger partial charge is 0.379 e. The molecular weight excluding hydrogens is 182 g/mol. The summed E-state index contributed by atoms with van der Waals surface area (Å²) >= 11 is 4.39. The summed E-state index contributed by atoms with van der Waals surface area (Å²) in [5, 5.41) is 0. The van der Waals surface area contributed by atoms with Crippen molar-refractivity contribution in [2.45, 2.75) is 19.8 Å². The number of thiol groups is 1. The van der Waals surface area contributed by atoms with Crippen LogP contribution in [0, 0.1) is 5.92 Å². The Balaban J connectivity index is 2.18. The number of nitrogens with zero attached hydrogens (tertiary/aromatic N) is 1. The van der Waals surface area contributed by atoms with Crippen molar-refractivity contribution in [2.75, 3.05) is 38.6 Å². The summed E-state index contributed by atoms with van der Waals surface area (Å²) in [6, 6.07) is 0. The van der Waals surface area contributed by atoms with E-state index in [9.17, 15) is 0 Å². The first-order chi connectivity index (χ1) is 6.36. The lowest BCUT2D eigenvalue weighted by Gasteiger charge is -2.29. The summed E-state index contributed by atoms with van der Waals surface area (Å²) in [5.41, 5.74) is 0. The molecule has 0 aromatic heterocycles. The third-order valence-electron chi connectivity index (χ3n) is 2.58. The Morgan fingerprint density at radius 1 is 1.38 bits per heavy atom. The summed E-state index contributed by atoms with van der Waals surface area (Å²) in [5.74, 6) is 1.79. The van der Waals surface area contributed by atoms with E-state index in [1.165, 1.54) is 19.4 Å². The fourth-order valence-electron chi connectivity index (χ4n) is 1.80. The molecule has 2 nitrogen and oxygen atoms in total. The highest BCUT2D eigenvalue weighted by Gasteiger charge is 2.14. The van der Waals surface area contributed by atoms with E-state index >= 15 is 0 Å². The highest BCUT2D eigenvalue weighted by molar-refractivity contribution is 7.80. The van der Waals surface area contributed by atoms with Gasteiger partial charge in [-0.3, -0.25) is 4.90 Å². The fourth-order valence-corrected chi connectivity index (χ4v) is 2.10. The molecule has 1 saturated heterocycles. The van der Waals surface area contributed by atoms with Gasteiger partial charge in [0.15, 0.2) is 0 Å². The van der Waals surface area contributed by atoms with Gasteiger partial charge in [0, 0.05) is 19.6 Å². The molecule has 0 bridgehead atoms. The van der Waals surface area contributed by atoms with E-state index < -0.39 is 0 Å². The molecule has 0 N–H and O–H groups in total. The average molecular weight is 203 g/mol. The van der Waals surface area contributed by atoms with Crippen molar-refractivity contribution >= 4 is 12.6 Å². The first-order valence-electron chi connectivity index (χ1n) is 5.27. The van der Waals surface area contributed by atoms with E-state index in [4.69, 9.17) is 4.74 Å². The molecule has 1 aliphatic heterocycles. The minimum atomic E-state index is 0.770. The van der Waals surface area contributed by atoms with Crippen molar-refractivity contribution in [3.63, 3.8) is 0 Å². The van der Waals surface area contributed by atoms with Crippen LogP contribution in [0.5, 0.6) is 0 Å². The second-order valence-corrected chi connectivity index (χ2v) is 4.12. The van der Waals surface area contributed by atoms with Crippen LogP contribution < -0.4 is 0 Å². The predicted molar refractivity (Wildman–Crippen MR) is 59.5 cm³/mol. The van der Waals surface area contributed by atoms with Crippen molar-refractivity contribution in [1.29, 1.82) is 0 Å². The summed E-state index contributed by atoms with van der Waals surface area (Å²) in [6.07, 6.45) is 2.58. The highest BCUT2D eigenvalue weighted by atomic mass is 32.1. The van der Waals surface area contributed by atoms with Crippen LogP contribution in [0.1, 0.15) is 19.8 Å². The van der Waals surface area contributed by atoms with E-state index in [1.54, 1.807) is 0 Å². The number of rotatable bonds is 5. The maximum Gasteiger partial charge on any atom is 0.0594 e. The Morgan fingerprint density at radius 3 is 2.62 bits per heavy atom. The Bertz CT molecular complexity index is 123. The zero-order valence-electron chi connectivity index (χ0n) is 8.54. The second-order valence-electron chi connectivity index (χ2n) is 3.75. The maximum absolute atomic E-state index is 5.31. The lowest BCUT2D eigenvalue weighted by molar-refractivity contribution is 0.0315. The first-order valence-corrected chi connectivity index (χ1v) is 5.91. The topological polar surface area (TPSA) is 12.5 Å². The molecule has 0 radical (unpaired) electrons. The van der Waals surface area contributed by atoms with Crippen LogP contribution in [0.4, 0.5) is 0 Å². The molecule has 1 atom stereocenters. The molecule has 0 amide bonds. The third kappa shape index (κ3) is 4.34. The third-order valence-corrected chi connectivity index (χ3v) is 3.09. The molecule has 3 heteroatoms. The van der Waals surface area contributed by atoms with Gasteiger partial charge in [-0.05, 0) is 18.1 Å². The van der Waals surface area contributed by atoms with Gasteiger partial charge in [-0.15, -0.1) is 0 Å². The smallest absolute Gasteiger partial charge is 0.0594 e. The van der Waals surface area contributed by atoms with Crippen molar-refractivity contribution < 1.29 is 4.74 Å². The molecular formula is C10H21NOS. The van der Waals surface area contributed by atoms with Gasteiger partial charge in [0.2, 0.25) is 0 Å².